The van der Waals surface area contributed by atoms with Crippen LogP contribution in [0, 0.1) is 0 Å². The summed E-state index contributed by atoms with van der Waals surface area (Å²) in [5.41, 5.74) is 0.347. The maximum Gasteiger partial charge on any atom is 0.354 e. The van der Waals surface area contributed by atoms with Gasteiger partial charge in [0.2, 0.25) is 5.78 Å². The molecular weight excluding hydrogens is 360 g/mol. The summed E-state index contributed by atoms with van der Waals surface area (Å²) in [5, 5.41) is 2.79. The zero-order valence-electron chi connectivity index (χ0n) is 14.0. The average Bonchev–Trinajstić information content (AvgIpc) is 2.67. The van der Waals surface area contributed by atoms with Gasteiger partial charge < -0.3 is 14.8 Å². The van der Waals surface area contributed by atoms with Crippen LogP contribution in [0.25, 0.3) is 0 Å². The summed E-state index contributed by atoms with van der Waals surface area (Å²) in [5.74, 6) is -1.99. The van der Waals surface area contributed by atoms with Crippen LogP contribution in [0.2, 0.25) is 5.15 Å². The number of nitrogens with one attached hydrogen (secondary N) is 1. The van der Waals surface area contributed by atoms with Crippen LogP contribution in [0.4, 0.5) is 5.69 Å². The maximum absolute atomic E-state index is 12.7. The van der Waals surface area contributed by atoms with E-state index in [2.05, 4.69) is 19.8 Å². The van der Waals surface area contributed by atoms with Crippen LogP contribution in [0.5, 0.6) is 0 Å². The van der Waals surface area contributed by atoms with E-state index in [1.54, 1.807) is 30.3 Å². The van der Waals surface area contributed by atoms with Crippen molar-refractivity contribution in [3.63, 3.8) is 0 Å². The number of ketones is 1. The van der Waals surface area contributed by atoms with Crippen LogP contribution < -0.4 is 5.32 Å². The van der Waals surface area contributed by atoms with Gasteiger partial charge >= 0.3 is 11.9 Å². The summed E-state index contributed by atoms with van der Waals surface area (Å²) in [6.07, 6.45) is 0.914. The Bertz CT molecular complexity index is 865. The molecule has 8 heteroatoms. The largest absolute Gasteiger partial charge is 0.466 e. The quantitative estimate of drug-likeness (QED) is 0.359. The molecule has 134 valence electrons. The first-order valence-electron chi connectivity index (χ1n) is 7.37. The minimum Gasteiger partial charge on any atom is -0.466 e. The van der Waals surface area contributed by atoms with Gasteiger partial charge in [-0.05, 0) is 12.1 Å². The number of pyridine rings is 1. The van der Waals surface area contributed by atoms with Crippen LogP contribution in [-0.2, 0) is 19.1 Å². The van der Waals surface area contributed by atoms with Crippen LogP contribution in [0.15, 0.2) is 54.2 Å². The number of esters is 2. The van der Waals surface area contributed by atoms with Crippen LogP contribution in [-0.4, -0.2) is 36.9 Å². The number of anilines is 1. The van der Waals surface area contributed by atoms with Gasteiger partial charge in [0.25, 0.3) is 0 Å². The van der Waals surface area contributed by atoms with Gasteiger partial charge in [0.15, 0.2) is 0 Å². The second-order valence-corrected chi connectivity index (χ2v) is 5.31. The average molecular weight is 375 g/mol. The van der Waals surface area contributed by atoms with E-state index in [1.807, 2.05) is 0 Å². The van der Waals surface area contributed by atoms with Gasteiger partial charge in [0.05, 0.1) is 26.0 Å². The fourth-order valence-corrected chi connectivity index (χ4v) is 2.16. The summed E-state index contributed by atoms with van der Waals surface area (Å²) in [4.78, 5) is 40.1. The Hall–Kier alpha value is -3.19. The SMILES string of the molecule is COC(=O)/C=C(/Nc1ccc(Cl)nc1C(=O)c1ccccc1)C(=O)OC. The zero-order valence-corrected chi connectivity index (χ0v) is 14.7. The highest BCUT2D eigenvalue weighted by atomic mass is 35.5. The number of ether oxygens (including phenoxy) is 2. The molecule has 1 N–H and O–H groups in total. The molecule has 0 saturated carbocycles. The van der Waals surface area contributed by atoms with Crippen molar-refractivity contribution in [2.45, 2.75) is 0 Å². The maximum atomic E-state index is 12.7. The van der Waals surface area contributed by atoms with E-state index in [9.17, 15) is 14.4 Å². The lowest BCUT2D eigenvalue weighted by Gasteiger charge is -2.12. The van der Waals surface area contributed by atoms with Crippen molar-refractivity contribution in [2.75, 3.05) is 19.5 Å². The lowest BCUT2D eigenvalue weighted by molar-refractivity contribution is -0.138. The molecule has 1 heterocycles. The number of carbonyl (C=O) groups is 3. The number of benzene rings is 1. The lowest BCUT2D eigenvalue weighted by atomic mass is 10.1. The Morgan fingerprint density at radius 3 is 2.35 bits per heavy atom. The normalized spacial score (nSPS) is 10.8. The molecule has 0 spiro atoms. The Morgan fingerprint density at radius 1 is 1.04 bits per heavy atom. The van der Waals surface area contributed by atoms with Crippen LogP contribution in [0.3, 0.4) is 0 Å². The molecule has 0 atom stereocenters. The molecular formula is C18H15ClN2O5. The van der Waals surface area contributed by atoms with Gasteiger partial charge in [-0.25, -0.2) is 14.6 Å². The fraction of sp³-hybridized carbons (Fsp3) is 0.111. The van der Waals surface area contributed by atoms with Gasteiger partial charge in [-0.3, -0.25) is 4.79 Å². The summed E-state index contributed by atoms with van der Waals surface area (Å²) in [7, 11) is 2.33. The molecule has 0 amide bonds. The minimum atomic E-state index is -0.816. The molecule has 0 unspecified atom stereocenters. The highest BCUT2D eigenvalue weighted by Crippen LogP contribution is 2.22. The van der Waals surface area contributed by atoms with Gasteiger partial charge in [0, 0.05) is 5.56 Å². The van der Waals surface area contributed by atoms with Gasteiger partial charge in [0.1, 0.15) is 16.5 Å². The number of hydrogen-bond acceptors (Lipinski definition) is 7. The van der Waals surface area contributed by atoms with Crippen molar-refractivity contribution < 1.29 is 23.9 Å². The van der Waals surface area contributed by atoms with Crippen molar-refractivity contribution in [1.29, 1.82) is 0 Å². The highest BCUT2D eigenvalue weighted by molar-refractivity contribution is 6.29. The van der Waals surface area contributed by atoms with E-state index in [0.29, 0.717) is 5.56 Å². The first kappa shape index (κ1) is 19.1. The first-order valence-corrected chi connectivity index (χ1v) is 7.75. The third kappa shape index (κ3) is 4.67. The van der Waals surface area contributed by atoms with Crippen molar-refractivity contribution in [3.05, 3.63) is 70.6 Å². The summed E-state index contributed by atoms with van der Waals surface area (Å²) in [6, 6.07) is 11.4. The number of hydrogen-bond donors (Lipinski definition) is 1. The molecule has 0 fully saturated rings. The summed E-state index contributed by atoms with van der Waals surface area (Å²) in [6.45, 7) is 0. The second-order valence-electron chi connectivity index (χ2n) is 4.92. The lowest BCUT2D eigenvalue weighted by Crippen LogP contribution is -2.18. The summed E-state index contributed by atoms with van der Waals surface area (Å²) < 4.78 is 9.14. The first-order chi connectivity index (χ1) is 12.5. The number of carbonyl (C=O) groups excluding carboxylic acids is 3. The zero-order chi connectivity index (χ0) is 19.1. The Labute approximate surface area is 154 Å². The van der Waals surface area contributed by atoms with Crippen molar-refractivity contribution in [1.82, 2.24) is 4.98 Å². The van der Waals surface area contributed by atoms with Gasteiger partial charge in [-0.1, -0.05) is 41.9 Å². The smallest absolute Gasteiger partial charge is 0.354 e. The second kappa shape index (κ2) is 8.77. The topological polar surface area (TPSA) is 94.6 Å². The predicted octanol–water partition coefficient (Wildman–Crippen LogP) is 2.61. The third-order valence-electron chi connectivity index (χ3n) is 3.25. The third-order valence-corrected chi connectivity index (χ3v) is 3.46. The van der Waals surface area contributed by atoms with E-state index in [1.165, 1.54) is 19.2 Å². The Balaban J connectivity index is 2.46. The molecule has 0 aliphatic heterocycles. The molecule has 2 aromatic rings. The predicted molar refractivity (Wildman–Crippen MR) is 94.9 cm³/mol. The Morgan fingerprint density at radius 2 is 1.73 bits per heavy atom. The van der Waals surface area contributed by atoms with Crippen molar-refractivity contribution in [3.8, 4) is 0 Å². The highest BCUT2D eigenvalue weighted by Gasteiger charge is 2.20. The van der Waals surface area contributed by atoms with E-state index in [4.69, 9.17) is 11.6 Å². The monoisotopic (exact) mass is 374 g/mol. The molecule has 0 aliphatic rings. The molecule has 7 nitrogen and oxygen atoms in total. The van der Waals surface area contributed by atoms with E-state index in [0.717, 1.165) is 13.2 Å². The molecule has 0 radical (unpaired) electrons. The van der Waals surface area contributed by atoms with E-state index in [-0.39, 0.29) is 22.2 Å². The molecule has 1 aromatic carbocycles. The summed E-state index contributed by atoms with van der Waals surface area (Å²) >= 11 is 5.91. The number of methoxy groups -OCH3 is 2. The molecule has 26 heavy (non-hydrogen) atoms. The molecule has 2 rings (SSSR count). The molecule has 0 bridgehead atoms. The number of nitrogens with zero attached hydrogens (tertiary/aromatic N) is 1. The standard InChI is InChI=1S/C18H15ClN2O5/c1-25-15(22)10-13(18(24)26-2)20-12-8-9-14(19)21-16(12)17(23)11-6-4-3-5-7-11/h3-10,20H,1-2H3/b13-10+. The number of rotatable bonds is 6. The Kier molecular flexibility index (Phi) is 6.46. The number of aromatic nitrogens is 1. The fourth-order valence-electron chi connectivity index (χ4n) is 2.01. The van der Waals surface area contributed by atoms with Crippen LogP contribution in [0.1, 0.15) is 16.1 Å². The van der Waals surface area contributed by atoms with Crippen molar-refractivity contribution >= 4 is 35.0 Å². The number of halogens is 1. The minimum absolute atomic E-state index is 0.0108. The van der Waals surface area contributed by atoms with Gasteiger partial charge in [-0.2, -0.15) is 0 Å². The van der Waals surface area contributed by atoms with E-state index < -0.39 is 17.7 Å². The van der Waals surface area contributed by atoms with Crippen molar-refractivity contribution in [2.24, 2.45) is 0 Å². The van der Waals surface area contributed by atoms with Gasteiger partial charge in [-0.15, -0.1) is 0 Å². The molecule has 1 aromatic heterocycles. The van der Waals surface area contributed by atoms with Crippen LogP contribution >= 0.6 is 11.6 Å². The molecule has 0 aliphatic carbocycles. The molecule has 0 saturated heterocycles. The van der Waals surface area contributed by atoms with E-state index >= 15 is 0 Å².